The summed E-state index contributed by atoms with van der Waals surface area (Å²) in [6.45, 7) is 3.21. The van der Waals surface area contributed by atoms with Gasteiger partial charge in [-0.1, -0.05) is 11.6 Å². The summed E-state index contributed by atoms with van der Waals surface area (Å²) in [4.78, 5) is 22.5. The number of hydrogen-bond donors (Lipinski definition) is 1. The predicted molar refractivity (Wildman–Crippen MR) is 74.0 cm³/mol. The van der Waals surface area contributed by atoms with Crippen LogP contribution >= 0.6 is 11.6 Å². The topological polar surface area (TPSA) is 67.3 Å². The molecule has 0 spiro atoms. The summed E-state index contributed by atoms with van der Waals surface area (Å²) >= 11 is 5.91. The van der Waals surface area contributed by atoms with Gasteiger partial charge < -0.3 is 15.0 Å². The van der Waals surface area contributed by atoms with Gasteiger partial charge in [0.25, 0.3) is 5.91 Å². The molecule has 3 atom stereocenters. The molecule has 2 fully saturated rings. The van der Waals surface area contributed by atoms with E-state index in [1.807, 2.05) is 0 Å². The molecule has 20 heavy (non-hydrogen) atoms. The standard InChI is InChI=1S/C13H17ClN4O2/c1-20-10-5-15-12(17-11(10)14)13(19)16-9-4-8-2-3-18(6-8)7-9/h5,8-9H,2-4,6-7H2,1H3,(H,16,19)/t8-,9+/m0/s1. The first-order valence-electron chi connectivity index (χ1n) is 6.75. The fourth-order valence-electron chi connectivity index (χ4n) is 3.01. The number of ether oxygens (including phenoxy) is 1. The van der Waals surface area contributed by atoms with E-state index in [1.165, 1.54) is 19.7 Å². The van der Waals surface area contributed by atoms with Crippen LogP contribution in [0.15, 0.2) is 6.20 Å². The van der Waals surface area contributed by atoms with Crippen molar-refractivity contribution in [1.29, 1.82) is 0 Å². The number of rotatable bonds is 3. The van der Waals surface area contributed by atoms with Gasteiger partial charge >= 0.3 is 0 Å². The SMILES string of the molecule is COc1cnc(C(=O)N[C@@H]2C[C@@H]3CCN(C3)C2)nc1Cl. The molecule has 3 heterocycles. The molecule has 1 aromatic rings. The lowest BCUT2D eigenvalue weighted by Crippen LogP contribution is -2.47. The Morgan fingerprint density at radius 3 is 3.10 bits per heavy atom. The number of halogens is 1. The molecule has 2 aliphatic rings. The van der Waals surface area contributed by atoms with Crippen LogP contribution in [0.1, 0.15) is 23.5 Å². The third-order valence-corrected chi connectivity index (χ3v) is 4.21. The van der Waals surface area contributed by atoms with Crippen LogP contribution in [-0.2, 0) is 0 Å². The number of fused-ring (bicyclic) bond motifs is 2. The summed E-state index contributed by atoms with van der Waals surface area (Å²) in [7, 11) is 1.48. The largest absolute Gasteiger partial charge is 0.492 e. The Bertz CT molecular complexity index is 513. The molecule has 7 heteroatoms. The maximum Gasteiger partial charge on any atom is 0.289 e. The van der Waals surface area contributed by atoms with Crippen LogP contribution in [0, 0.1) is 5.92 Å². The van der Waals surface area contributed by atoms with Gasteiger partial charge in [0.1, 0.15) is 0 Å². The Morgan fingerprint density at radius 1 is 1.55 bits per heavy atom. The zero-order valence-electron chi connectivity index (χ0n) is 11.3. The van der Waals surface area contributed by atoms with E-state index in [0.717, 1.165) is 26.1 Å². The maximum absolute atomic E-state index is 12.1. The van der Waals surface area contributed by atoms with Crippen molar-refractivity contribution in [3.8, 4) is 5.75 Å². The van der Waals surface area contributed by atoms with Gasteiger partial charge in [-0.15, -0.1) is 0 Å². The number of piperidine rings is 1. The summed E-state index contributed by atoms with van der Waals surface area (Å²) in [5.74, 6) is 0.880. The lowest BCUT2D eigenvalue weighted by Gasteiger charge is -2.30. The third-order valence-electron chi connectivity index (χ3n) is 3.94. The predicted octanol–water partition coefficient (Wildman–Crippen LogP) is 0.963. The molecule has 0 aliphatic carbocycles. The van der Waals surface area contributed by atoms with Gasteiger partial charge in [0.05, 0.1) is 13.3 Å². The molecule has 0 saturated carbocycles. The minimum Gasteiger partial charge on any atom is -0.492 e. The highest BCUT2D eigenvalue weighted by atomic mass is 35.5. The number of hydrogen-bond acceptors (Lipinski definition) is 5. The molecule has 2 aliphatic heterocycles. The van der Waals surface area contributed by atoms with Crippen molar-refractivity contribution < 1.29 is 9.53 Å². The van der Waals surface area contributed by atoms with E-state index in [9.17, 15) is 4.79 Å². The summed E-state index contributed by atoms with van der Waals surface area (Å²) in [6, 6.07) is 0.174. The first kappa shape index (κ1) is 13.6. The summed E-state index contributed by atoms with van der Waals surface area (Å²) in [5.41, 5.74) is 0. The Labute approximate surface area is 122 Å². The number of aromatic nitrogens is 2. The van der Waals surface area contributed by atoms with E-state index in [0.29, 0.717) is 11.7 Å². The summed E-state index contributed by atoms with van der Waals surface area (Å²) < 4.78 is 4.97. The minimum absolute atomic E-state index is 0.0868. The molecule has 1 N–H and O–H groups in total. The van der Waals surface area contributed by atoms with E-state index < -0.39 is 0 Å². The second-order valence-electron chi connectivity index (χ2n) is 5.37. The normalized spacial score (nSPS) is 28.2. The molecular formula is C13H17ClN4O2. The first-order chi connectivity index (χ1) is 9.65. The van der Waals surface area contributed by atoms with Crippen LogP contribution in [0.2, 0.25) is 5.15 Å². The molecule has 2 saturated heterocycles. The molecule has 0 aromatic carbocycles. The second-order valence-corrected chi connectivity index (χ2v) is 5.73. The summed E-state index contributed by atoms with van der Waals surface area (Å²) in [6.07, 6.45) is 3.68. The van der Waals surface area contributed by atoms with Crippen LogP contribution in [-0.4, -0.2) is 53.6 Å². The van der Waals surface area contributed by atoms with Crippen molar-refractivity contribution >= 4 is 17.5 Å². The van der Waals surface area contributed by atoms with Crippen molar-refractivity contribution in [2.45, 2.75) is 18.9 Å². The molecule has 108 valence electrons. The number of methoxy groups -OCH3 is 1. The van der Waals surface area contributed by atoms with Crippen molar-refractivity contribution in [3.05, 3.63) is 17.2 Å². The summed E-state index contributed by atoms with van der Waals surface area (Å²) in [5, 5.41) is 3.15. The molecule has 6 nitrogen and oxygen atoms in total. The van der Waals surface area contributed by atoms with Crippen molar-refractivity contribution in [3.63, 3.8) is 0 Å². The zero-order valence-corrected chi connectivity index (χ0v) is 12.1. The van der Waals surface area contributed by atoms with E-state index in [1.54, 1.807) is 0 Å². The van der Waals surface area contributed by atoms with Gasteiger partial charge in [-0.25, -0.2) is 9.97 Å². The molecule has 3 rings (SSSR count). The van der Waals surface area contributed by atoms with Crippen molar-refractivity contribution in [2.24, 2.45) is 5.92 Å². The Kier molecular flexibility index (Phi) is 3.76. The van der Waals surface area contributed by atoms with Crippen LogP contribution in [0.3, 0.4) is 0 Å². The van der Waals surface area contributed by atoms with E-state index in [4.69, 9.17) is 16.3 Å². The molecular weight excluding hydrogens is 280 g/mol. The van der Waals surface area contributed by atoms with E-state index in [2.05, 4.69) is 20.2 Å². The molecule has 1 amide bonds. The fourth-order valence-corrected chi connectivity index (χ4v) is 3.22. The second kappa shape index (κ2) is 5.54. The van der Waals surface area contributed by atoms with Crippen molar-refractivity contribution in [2.75, 3.05) is 26.7 Å². The lowest BCUT2D eigenvalue weighted by molar-refractivity contribution is 0.0898. The quantitative estimate of drug-likeness (QED) is 0.842. The highest BCUT2D eigenvalue weighted by Gasteiger charge is 2.33. The monoisotopic (exact) mass is 296 g/mol. The third kappa shape index (κ3) is 2.71. The number of amides is 1. The fraction of sp³-hybridized carbons (Fsp3) is 0.615. The Balaban J connectivity index is 1.65. The van der Waals surface area contributed by atoms with Gasteiger partial charge in [0.2, 0.25) is 5.82 Å². The average molecular weight is 297 g/mol. The minimum atomic E-state index is -0.276. The van der Waals surface area contributed by atoms with Gasteiger partial charge in [0.15, 0.2) is 10.9 Å². The Morgan fingerprint density at radius 2 is 2.40 bits per heavy atom. The smallest absolute Gasteiger partial charge is 0.289 e. The Hall–Kier alpha value is -1.40. The number of nitrogens with one attached hydrogen (secondary N) is 1. The molecule has 1 aromatic heterocycles. The van der Waals surface area contributed by atoms with Crippen molar-refractivity contribution in [1.82, 2.24) is 20.2 Å². The molecule has 1 unspecified atom stereocenters. The van der Waals surface area contributed by atoms with E-state index in [-0.39, 0.29) is 22.9 Å². The van der Waals surface area contributed by atoms with E-state index >= 15 is 0 Å². The van der Waals surface area contributed by atoms with Gasteiger partial charge in [-0.3, -0.25) is 4.79 Å². The van der Waals surface area contributed by atoms with Gasteiger partial charge in [-0.2, -0.15) is 0 Å². The highest BCUT2D eigenvalue weighted by Crippen LogP contribution is 2.27. The zero-order chi connectivity index (χ0) is 14.1. The molecule has 2 bridgehead atoms. The number of carbonyl (C=O) groups is 1. The van der Waals surface area contributed by atoms with Crippen LogP contribution < -0.4 is 10.1 Å². The number of carbonyl (C=O) groups excluding carboxylic acids is 1. The number of nitrogens with zero attached hydrogens (tertiary/aromatic N) is 3. The average Bonchev–Trinajstić information content (AvgIpc) is 2.77. The van der Waals surface area contributed by atoms with Gasteiger partial charge in [-0.05, 0) is 25.3 Å². The van der Waals surface area contributed by atoms with Gasteiger partial charge in [0, 0.05) is 19.1 Å². The van der Waals surface area contributed by atoms with Crippen LogP contribution in [0.4, 0.5) is 0 Å². The van der Waals surface area contributed by atoms with Crippen LogP contribution in [0.25, 0.3) is 0 Å². The maximum atomic E-state index is 12.1. The molecule has 0 radical (unpaired) electrons. The van der Waals surface area contributed by atoms with Crippen LogP contribution in [0.5, 0.6) is 5.75 Å². The highest BCUT2D eigenvalue weighted by molar-refractivity contribution is 6.30. The first-order valence-corrected chi connectivity index (χ1v) is 7.13. The lowest BCUT2D eigenvalue weighted by atomic mass is 9.97.